The number of ketones is 1. The maximum Gasteiger partial charge on any atom is 0.414 e. The maximum absolute atomic E-state index is 15.0. The van der Waals surface area contributed by atoms with Gasteiger partial charge in [0.1, 0.15) is 11.9 Å². The van der Waals surface area contributed by atoms with Gasteiger partial charge in [0.15, 0.2) is 5.78 Å². The summed E-state index contributed by atoms with van der Waals surface area (Å²) in [4.78, 5) is 64.4. The minimum absolute atomic E-state index is 0.0374. The maximum atomic E-state index is 15.0. The van der Waals surface area contributed by atoms with Crippen LogP contribution in [0.15, 0.2) is 42.5 Å². The number of benzene rings is 2. The molecule has 0 saturated carbocycles. The van der Waals surface area contributed by atoms with E-state index in [0.29, 0.717) is 48.7 Å². The Bertz CT molecular complexity index is 1280. The van der Waals surface area contributed by atoms with E-state index in [4.69, 9.17) is 10.5 Å². The zero-order valence-electron chi connectivity index (χ0n) is 21.5. The minimum Gasteiger partial charge on any atom is -0.442 e. The van der Waals surface area contributed by atoms with Crippen LogP contribution in [0.3, 0.4) is 0 Å². The summed E-state index contributed by atoms with van der Waals surface area (Å²) in [5.74, 6) is -1.68. The number of hydrogen-bond acceptors (Lipinski definition) is 7. The highest BCUT2D eigenvalue weighted by molar-refractivity contribution is 5.99. The average Bonchev–Trinajstić information content (AvgIpc) is 3.30. The molecule has 2 aromatic carbocycles. The molecule has 0 unspecified atom stereocenters. The lowest BCUT2D eigenvalue weighted by Gasteiger charge is -2.36. The minimum atomic E-state index is -0.606. The zero-order valence-corrected chi connectivity index (χ0v) is 21.5. The Hall–Kier alpha value is -4.48. The molecule has 0 radical (unpaired) electrons. The number of Topliss-reactive ketones (excluding diaryl/α,β-unsaturated/α-hetero) is 1. The number of anilines is 2. The van der Waals surface area contributed by atoms with Crippen LogP contribution >= 0.6 is 0 Å². The third kappa shape index (κ3) is 6.70. The molecule has 4 rings (SSSR count). The fraction of sp³-hybridized carbons (Fsp3) is 0.370. The van der Waals surface area contributed by atoms with Gasteiger partial charge < -0.3 is 25.6 Å². The number of rotatable bonds is 9. The van der Waals surface area contributed by atoms with Crippen molar-refractivity contribution in [2.24, 2.45) is 5.73 Å². The molecular formula is C27H30FN5O6. The Balaban J connectivity index is 1.27. The third-order valence-electron chi connectivity index (χ3n) is 6.73. The van der Waals surface area contributed by atoms with Crippen molar-refractivity contribution in [2.75, 3.05) is 49.1 Å². The number of nitrogens with zero attached hydrogens (tertiary/aromatic N) is 3. The number of ether oxygens (including phenoxy) is 1. The first kappa shape index (κ1) is 27.6. The molecule has 11 nitrogen and oxygen atoms in total. The molecule has 206 valence electrons. The number of carbonyl (C=O) groups is 5. The van der Waals surface area contributed by atoms with Crippen LogP contribution in [0.4, 0.5) is 20.6 Å². The highest BCUT2D eigenvalue weighted by Crippen LogP contribution is 2.28. The fourth-order valence-corrected chi connectivity index (χ4v) is 4.56. The second kappa shape index (κ2) is 11.9. The number of carbonyl (C=O) groups excluding carboxylic acids is 5. The molecule has 2 fully saturated rings. The molecular weight excluding hydrogens is 509 g/mol. The number of nitrogens with one attached hydrogen (secondary N) is 1. The predicted octanol–water partition coefficient (Wildman–Crippen LogP) is 1.70. The molecule has 12 heteroatoms. The van der Waals surface area contributed by atoms with Crippen LogP contribution < -0.4 is 20.9 Å². The SMILES string of the molecule is CC(=O)NC[C@H]1CN(c2ccc(N3CCN(C(=O)CCC(=O)c4ccc(C(N)=O)cc4)CC3)c(F)c2)C(=O)O1. The van der Waals surface area contributed by atoms with Crippen LogP contribution in [0.5, 0.6) is 0 Å². The van der Waals surface area contributed by atoms with Gasteiger partial charge >= 0.3 is 6.09 Å². The van der Waals surface area contributed by atoms with E-state index in [1.807, 2.05) is 4.90 Å². The largest absolute Gasteiger partial charge is 0.442 e. The van der Waals surface area contributed by atoms with Gasteiger partial charge in [0.2, 0.25) is 17.7 Å². The normalized spacial score (nSPS) is 17.1. The Kier molecular flexibility index (Phi) is 8.43. The summed E-state index contributed by atoms with van der Waals surface area (Å²) in [5, 5.41) is 2.60. The number of hydrogen-bond donors (Lipinski definition) is 2. The summed E-state index contributed by atoms with van der Waals surface area (Å²) in [5.41, 5.74) is 6.63. The number of nitrogens with two attached hydrogens (primary N) is 1. The summed E-state index contributed by atoms with van der Waals surface area (Å²) < 4.78 is 20.3. The van der Waals surface area contributed by atoms with E-state index in [1.165, 1.54) is 42.2 Å². The Labute approximate surface area is 224 Å². The Morgan fingerprint density at radius 3 is 2.28 bits per heavy atom. The van der Waals surface area contributed by atoms with Gasteiger partial charge in [-0.15, -0.1) is 0 Å². The summed E-state index contributed by atoms with van der Waals surface area (Å²) in [7, 11) is 0. The topological polar surface area (TPSA) is 142 Å². The Morgan fingerprint density at radius 1 is 1.00 bits per heavy atom. The van der Waals surface area contributed by atoms with E-state index in [9.17, 15) is 24.0 Å². The lowest BCUT2D eigenvalue weighted by molar-refractivity contribution is -0.131. The summed E-state index contributed by atoms with van der Waals surface area (Å²) in [6.07, 6.45) is -1.04. The van der Waals surface area contributed by atoms with Crippen molar-refractivity contribution >= 4 is 41.0 Å². The van der Waals surface area contributed by atoms with E-state index in [1.54, 1.807) is 17.0 Å². The number of primary amides is 1. The van der Waals surface area contributed by atoms with E-state index < -0.39 is 23.9 Å². The molecule has 0 spiro atoms. The number of halogens is 1. The highest BCUT2D eigenvalue weighted by atomic mass is 19.1. The summed E-state index contributed by atoms with van der Waals surface area (Å²) in [6.45, 7) is 3.33. The van der Waals surface area contributed by atoms with Crippen molar-refractivity contribution in [3.63, 3.8) is 0 Å². The van der Waals surface area contributed by atoms with Crippen LogP contribution in [-0.2, 0) is 14.3 Å². The predicted molar refractivity (Wildman–Crippen MR) is 140 cm³/mol. The highest BCUT2D eigenvalue weighted by Gasteiger charge is 2.33. The van der Waals surface area contributed by atoms with Crippen molar-refractivity contribution in [2.45, 2.75) is 25.9 Å². The molecule has 0 aliphatic carbocycles. The molecule has 2 aliphatic heterocycles. The van der Waals surface area contributed by atoms with Gasteiger partial charge in [0.05, 0.1) is 24.5 Å². The zero-order chi connectivity index (χ0) is 28.1. The van der Waals surface area contributed by atoms with Gasteiger partial charge in [-0.1, -0.05) is 12.1 Å². The molecule has 4 amide bonds. The van der Waals surface area contributed by atoms with Crippen molar-refractivity contribution in [1.82, 2.24) is 10.2 Å². The van der Waals surface area contributed by atoms with Crippen molar-refractivity contribution < 1.29 is 33.1 Å². The molecule has 1 atom stereocenters. The van der Waals surface area contributed by atoms with E-state index >= 15 is 4.39 Å². The molecule has 3 N–H and O–H groups in total. The van der Waals surface area contributed by atoms with Crippen molar-refractivity contribution in [1.29, 1.82) is 0 Å². The number of cyclic esters (lactones) is 1. The first-order valence-electron chi connectivity index (χ1n) is 12.6. The standard InChI is InChI=1S/C27H30FN5O6/c1-17(34)30-15-21-16-33(27(38)39-21)20-6-7-23(22(28)14-20)31-10-12-32(13-11-31)25(36)9-8-24(35)18-2-4-19(5-3-18)26(29)37/h2-7,14,21H,8-13,15-16H2,1H3,(H2,29,37)(H,30,34)/t21-/m0/s1. The van der Waals surface area contributed by atoms with E-state index in [0.717, 1.165) is 0 Å². The second-order valence-corrected chi connectivity index (χ2v) is 9.42. The van der Waals surface area contributed by atoms with Gasteiger partial charge in [-0.3, -0.25) is 24.1 Å². The third-order valence-corrected chi connectivity index (χ3v) is 6.73. The van der Waals surface area contributed by atoms with Gasteiger partial charge in [-0.05, 0) is 30.3 Å². The van der Waals surface area contributed by atoms with E-state index in [-0.39, 0.29) is 43.5 Å². The summed E-state index contributed by atoms with van der Waals surface area (Å²) >= 11 is 0. The first-order chi connectivity index (χ1) is 18.6. The molecule has 2 heterocycles. The first-order valence-corrected chi connectivity index (χ1v) is 12.6. The molecule has 2 saturated heterocycles. The van der Waals surface area contributed by atoms with Gasteiger partial charge in [-0.2, -0.15) is 0 Å². The molecule has 39 heavy (non-hydrogen) atoms. The van der Waals surface area contributed by atoms with E-state index in [2.05, 4.69) is 5.32 Å². The van der Waals surface area contributed by atoms with Crippen LogP contribution in [-0.4, -0.2) is 79.9 Å². The van der Waals surface area contributed by atoms with Crippen molar-refractivity contribution in [3.8, 4) is 0 Å². The smallest absolute Gasteiger partial charge is 0.414 e. The fourth-order valence-electron chi connectivity index (χ4n) is 4.56. The van der Waals surface area contributed by atoms with Gasteiger partial charge in [0, 0.05) is 57.1 Å². The molecule has 0 bridgehead atoms. The molecule has 2 aromatic rings. The van der Waals surface area contributed by atoms with Crippen LogP contribution in [0, 0.1) is 5.82 Å². The second-order valence-electron chi connectivity index (χ2n) is 9.42. The van der Waals surface area contributed by atoms with Gasteiger partial charge in [0.25, 0.3) is 0 Å². The van der Waals surface area contributed by atoms with Crippen LogP contribution in [0.1, 0.15) is 40.5 Å². The summed E-state index contributed by atoms with van der Waals surface area (Å²) in [6, 6.07) is 10.5. The lowest BCUT2D eigenvalue weighted by atomic mass is 10.0. The molecule has 2 aliphatic rings. The number of piperazine rings is 1. The lowest BCUT2D eigenvalue weighted by Crippen LogP contribution is -2.49. The number of amides is 4. The molecule has 0 aromatic heterocycles. The van der Waals surface area contributed by atoms with Crippen molar-refractivity contribution in [3.05, 3.63) is 59.4 Å². The Morgan fingerprint density at radius 2 is 1.67 bits per heavy atom. The average molecular weight is 540 g/mol. The monoisotopic (exact) mass is 539 g/mol. The van der Waals surface area contributed by atoms with Gasteiger partial charge in [-0.25, -0.2) is 9.18 Å². The van der Waals surface area contributed by atoms with Crippen LogP contribution in [0.25, 0.3) is 0 Å². The quantitative estimate of drug-likeness (QED) is 0.462. The van der Waals surface area contributed by atoms with Crippen LogP contribution in [0.2, 0.25) is 0 Å².